The van der Waals surface area contributed by atoms with E-state index in [0.717, 1.165) is 4.57 Å². The lowest BCUT2D eigenvalue weighted by Gasteiger charge is -2.06. The van der Waals surface area contributed by atoms with E-state index >= 15 is 0 Å². The lowest BCUT2D eigenvalue weighted by molar-refractivity contribution is 0.414. The van der Waals surface area contributed by atoms with Crippen LogP contribution in [0.2, 0.25) is 0 Å². The molecule has 1 heterocycles. The summed E-state index contributed by atoms with van der Waals surface area (Å²) in [7, 11) is 1.51. The zero-order valence-electron chi connectivity index (χ0n) is 10.7. The first-order valence-electron chi connectivity index (χ1n) is 6.00. The molecule has 3 aromatic rings. The third kappa shape index (κ3) is 1.89. The monoisotopic (exact) mass is 269 g/mol. The van der Waals surface area contributed by atoms with Gasteiger partial charge in [0.05, 0.1) is 18.2 Å². The van der Waals surface area contributed by atoms with Crippen LogP contribution in [-0.4, -0.2) is 11.7 Å². The predicted octanol–water partition coefficient (Wildman–Crippen LogP) is 1.95. The lowest BCUT2D eigenvalue weighted by Crippen LogP contribution is -2.30. The third-order valence-electron chi connectivity index (χ3n) is 3.01. The van der Waals surface area contributed by atoms with Crippen LogP contribution in [0.3, 0.4) is 0 Å². The van der Waals surface area contributed by atoms with Crippen LogP contribution >= 0.6 is 0 Å². The molecule has 0 N–H and O–H groups in total. The van der Waals surface area contributed by atoms with E-state index in [0.29, 0.717) is 16.8 Å². The Labute approximate surface area is 113 Å². The average Bonchev–Trinajstić information content (AvgIpc) is 2.48. The summed E-state index contributed by atoms with van der Waals surface area (Å²) in [5.41, 5.74) is 0.283. The summed E-state index contributed by atoms with van der Waals surface area (Å²) < 4.78 is 11.3. The topological polar surface area (TPSA) is 61.4 Å². The number of aromatic nitrogens is 1. The summed E-state index contributed by atoms with van der Waals surface area (Å²) in [6, 6.07) is 13.4. The van der Waals surface area contributed by atoms with Gasteiger partial charge in [0.25, 0.3) is 5.56 Å². The van der Waals surface area contributed by atoms with E-state index in [9.17, 15) is 9.59 Å². The Morgan fingerprint density at radius 1 is 1.05 bits per heavy atom. The molecule has 5 nitrogen and oxygen atoms in total. The maximum absolute atomic E-state index is 12.5. The molecule has 0 bridgehead atoms. The summed E-state index contributed by atoms with van der Waals surface area (Å²) >= 11 is 0. The molecule has 2 aromatic carbocycles. The minimum atomic E-state index is -0.709. The average molecular weight is 269 g/mol. The highest BCUT2D eigenvalue weighted by Gasteiger charge is 2.11. The molecule has 0 aliphatic carbocycles. The number of methoxy groups -OCH3 is 1. The smallest absolute Gasteiger partial charge is 0.426 e. The van der Waals surface area contributed by atoms with Crippen molar-refractivity contribution in [3.05, 3.63) is 69.4 Å². The maximum atomic E-state index is 12.5. The normalized spacial score (nSPS) is 10.7. The molecule has 1 aromatic heterocycles. The molecule has 0 saturated heterocycles. The fourth-order valence-corrected chi connectivity index (χ4v) is 2.03. The van der Waals surface area contributed by atoms with Crippen molar-refractivity contribution in [3.63, 3.8) is 0 Å². The van der Waals surface area contributed by atoms with Gasteiger partial charge in [-0.15, -0.1) is 0 Å². The highest BCUT2D eigenvalue weighted by atomic mass is 16.5. The Hall–Kier alpha value is -2.82. The third-order valence-corrected chi connectivity index (χ3v) is 3.01. The number of benzene rings is 2. The van der Waals surface area contributed by atoms with Crippen LogP contribution in [0.4, 0.5) is 0 Å². The van der Waals surface area contributed by atoms with Gasteiger partial charge in [0.2, 0.25) is 0 Å². The molecule has 3 rings (SSSR count). The fourth-order valence-electron chi connectivity index (χ4n) is 2.03. The Morgan fingerprint density at radius 2 is 1.80 bits per heavy atom. The highest BCUT2D eigenvalue weighted by molar-refractivity contribution is 5.77. The highest BCUT2D eigenvalue weighted by Crippen LogP contribution is 2.17. The molecule has 5 heteroatoms. The number of nitrogens with zero attached hydrogens (tertiary/aromatic N) is 1. The van der Waals surface area contributed by atoms with Gasteiger partial charge >= 0.3 is 5.76 Å². The molecule has 0 amide bonds. The second-order valence-electron chi connectivity index (χ2n) is 4.21. The van der Waals surface area contributed by atoms with Gasteiger partial charge in [-0.25, -0.2) is 9.36 Å². The van der Waals surface area contributed by atoms with Crippen molar-refractivity contribution in [1.29, 1.82) is 0 Å². The van der Waals surface area contributed by atoms with Crippen LogP contribution in [0.25, 0.3) is 16.7 Å². The van der Waals surface area contributed by atoms with Crippen molar-refractivity contribution in [1.82, 2.24) is 4.57 Å². The maximum Gasteiger partial charge on any atom is 0.426 e. The number of hydrogen-bond acceptors (Lipinski definition) is 4. The van der Waals surface area contributed by atoms with Gasteiger partial charge < -0.3 is 9.15 Å². The predicted molar refractivity (Wildman–Crippen MR) is 74.6 cm³/mol. The first-order chi connectivity index (χ1) is 9.70. The molecule has 0 aliphatic heterocycles. The summed E-state index contributed by atoms with van der Waals surface area (Å²) in [5.74, 6) is -0.179. The van der Waals surface area contributed by atoms with Crippen LogP contribution in [0.15, 0.2) is 62.5 Å². The van der Waals surface area contributed by atoms with E-state index in [2.05, 4.69) is 0 Å². The van der Waals surface area contributed by atoms with Crippen LogP contribution in [0.5, 0.6) is 5.75 Å². The van der Waals surface area contributed by atoms with Crippen molar-refractivity contribution in [2.45, 2.75) is 0 Å². The van der Waals surface area contributed by atoms with Crippen molar-refractivity contribution in [3.8, 4) is 11.4 Å². The Morgan fingerprint density at radius 3 is 2.50 bits per heavy atom. The summed E-state index contributed by atoms with van der Waals surface area (Å²) in [4.78, 5) is 24.4. The van der Waals surface area contributed by atoms with Crippen LogP contribution in [0, 0.1) is 0 Å². The molecule has 20 heavy (non-hydrogen) atoms. The molecule has 100 valence electrons. The molecule has 0 atom stereocenters. The van der Waals surface area contributed by atoms with Crippen LogP contribution in [-0.2, 0) is 0 Å². The minimum Gasteiger partial charge on any atom is -0.497 e. The Bertz CT molecular complexity index is 878. The molecule has 0 aliphatic rings. The number of hydrogen-bond donors (Lipinski definition) is 0. The first kappa shape index (κ1) is 12.2. The van der Waals surface area contributed by atoms with Crippen molar-refractivity contribution < 1.29 is 9.15 Å². The summed E-state index contributed by atoms with van der Waals surface area (Å²) in [5, 5.41) is 0.299. The number of rotatable bonds is 2. The van der Waals surface area contributed by atoms with Gasteiger partial charge in [-0.1, -0.05) is 18.2 Å². The van der Waals surface area contributed by atoms with Crippen molar-refractivity contribution >= 4 is 11.0 Å². The number of fused-ring (bicyclic) bond motifs is 1. The van der Waals surface area contributed by atoms with E-state index in [1.807, 2.05) is 0 Å². The molecular formula is C15H11NO4. The van der Waals surface area contributed by atoms with E-state index in [1.54, 1.807) is 48.5 Å². The van der Waals surface area contributed by atoms with Gasteiger partial charge in [0.1, 0.15) is 11.3 Å². The van der Waals surface area contributed by atoms with Gasteiger partial charge in [-0.2, -0.15) is 0 Å². The molecule has 0 radical (unpaired) electrons. The second-order valence-corrected chi connectivity index (χ2v) is 4.21. The number of ether oxygens (including phenoxy) is 1. The summed E-state index contributed by atoms with van der Waals surface area (Å²) in [6.45, 7) is 0. The van der Waals surface area contributed by atoms with Gasteiger partial charge in [-0.3, -0.25) is 4.79 Å². The fraction of sp³-hybridized carbons (Fsp3) is 0.0667. The Kier molecular flexibility index (Phi) is 2.87. The molecular weight excluding hydrogens is 258 g/mol. The van der Waals surface area contributed by atoms with Crippen molar-refractivity contribution in [2.75, 3.05) is 7.11 Å². The standard InChI is InChI=1S/C15H11NO4/c1-19-11-7-8-13-12(9-11)14(17)16(15(18)20-13)10-5-3-2-4-6-10/h2-9H,1H3. The SMILES string of the molecule is COc1ccc2oc(=O)n(-c3ccccc3)c(=O)c2c1. The first-order valence-corrected chi connectivity index (χ1v) is 6.00. The lowest BCUT2D eigenvalue weighted by atomic mass is 10.2. The summed E-state index contributed by atoms with van der Waals surface area (Å²) in [6.07, 6.45) is 0. The van der Waals surface area contributed by atoms with E-state index in [1.165, 1.54) is 7.11 Å². The second kappa shape index (κ2) is 4.70. The van der Waals surface area contributed by atoms with Crippen molar-refractivity contribution in [2.24, 2.45) is 0 Å². The largest absolute Gasteiger partial charge is 0.497 e. The van der Waals surface area contributed by atoms with Crippen LogP contribution < -0.4 is 16.1 Å². The van der Waals surface area contributed by atoms with Gasteiger partial charge in [0, 0.05) is 0 Å². The molecule has 0 fully saturated rings. The zero-order chi connectivity index (χ0) is 14.1. The van der Waals surface area contributed by atoms with E-state index in [-0.39, 0.29) is 5.58 Å². The van der Waals surface area contributed by atoms with Gasteiger partial charge in [-0.05, 0) is 30.3 Å². The molecule has 0 saturated carbocycles. The van der Waals surface area contributed by atoms with Gasteiger partial charge in [0.15, 0.2) is 0 Å². The zero-order valence-corrected chi connectivity index (χ0v) is 10.7. The van der Waals surface area contributed by atoms with E-state index in [4.69, 9.17) is 9.15 Å². The minimum absolute atomic E-state index is 0.244. The molecule has 0 unspecified atom stereocenters. The molecule has 0 spiro atoms. The van der Waals surface area contributed by atoms with Crippen LogP contribution in [0.1, 0.15) is 0 Å². The Balaban J connectivity index is 2.39. The quantitative estimate of drug-likeness (QED) is 0.713. The van der Waals surface area contributed by atoms with E-state index < -0.39 is 11.3 Å². The number of para-hydroxylation sites is 1.